The number of phosphoric ester groups is 1. The number of H-pyrrole nitrogens is 1. The van der Waals surface area contributed by atoms with E-state index in [1.807, 2.05) is 0 Å². The third-order valence-corrected chi connectivity index (χ3v) is 9.04. The average Bonchev–Trinajstić information content (AvgIpc) is 3.69. The van der Waals surface area contributed by atoms with E-state index in [9.17, 15) is 24.5 Å². The number of nitrogens with zero attached hydrogens (tertiary/aromatic N) is 7. The minimum Gasteiger partial charge on any atom is -0.388 e. The van der Waals surface area contributed by atoms with Gasteiger partial charge in [-0.1, -0.05) is 6.42 Å². The van der Waals surface area contributed by atoms with E-state index in [-0.39, 0.29) is 23.7 Å². The fourth-order valence-electron chi connectivity index (χ4n) is 6.03. The predicted molar refractivity (Wildman–Crippen MR) is 140 cm³/mol. The van der Waals surface area contributed by atoms with Crippen molar-refractivity contribution in [2.24, 2.45) is 5.92 Å². The molecule has 3 fully saturated rings. The first-order chi connectivity index (χ1) is 20.1. The second kappa shape index (κ2) is 10.1. The van der Waals surface area contributed by atoms with Gasteiger partial charge in [0.1, 0.15) is 30.2 Å². The number of ether oxygens (including phenoxy) is 2. The third-order valence-electron chi connectivity index (χ3n) is 8.06. The van der Waals surface area contributed by atoms with Crippen molar-refractivity contribution in [2.45, 2.75) is 69.2 Å². The summed E-state index contributed by atoms with van der Waals surface area (Å²) < 4.78 is 39.2. The lowest BCUT2D eigenvalue weighted by molar-refractivity contribution is -0.0568. The smallest absolute Gasteiger partial charge is 0.388 e. The molecule has 42 heavy (non-hydrogen) atoms. The van der Waals surface area contributed by atoms with Crippen LogP contribution in [0.2, 0.25) is 0 Å². The van der Waals surface area contributed by atoms with Crippen molar-refractivity contribution in [2.75, 3.05) is 12.3 Å². The predicted octanol–water partition coefficient (Wildman–Crippen LogP) is -0.331. The molecule has 18 nitrogen and oxygen atoms in total. The lowest BCUT2D eigenvalue weighted by Gasteiger charge is -2.26. The van der Waals surface area contributed by atoms with E-state index in [2.05, 4.69) is 29.9 Å². The van der Waals surface area contributed by atoms with Crippen LogP contribution in [0.5, 0.6) is 0 Å². The number of nitrogen functional groups attached to an aromatic ring is 1. The molecule has 4 aromatic rings. The summed E-state index contributed by atoms with van der Waals surface area (Å²) in [5.74, 6) is -0.671. The lowest BCUT2D eigenvalue weighted by atomic mass is 9.91. The molecule has 1 unspecified atom stereocenters. The fraction of sp³-hybridized carbons (Fsp3) is 0.565. The maximum Gasteiger partial charge on any atom is 0.472 e. The summed E-state index contributed by atoms with van der Waals surface area (Å²) in [7, 11) is -4.82. The highest BCUT2D eigenvalue weighted by atomic mass is 31.2. The Morgan fingerprint density at radius 2 is 1.74 bits per heavy atom. The number of fused-ring (bicyclic) bond motifs is 5. The minimum absolute atomic E-state index is 0.0355. The summed E-state index contributed by atoms with van der Waals surface area (Å²) in [6.07, 6.45) is -2.04. The monoisotopic (exact) mass is 605 g/mol. The van der Waals surface area contributed by atoms with Crippen molar-refractivity contribution in [3.05, 3.63) is 35.0 Å². The zero-order valence-electron chi connectivity index (χ0n) is 22.1. The van der Waals surface area contributed by atoms with Crippen molar-refractivity contribution < 1.29 is 38.2 Å². The van der Waals surface area contributed by atoms with E-state index in [1.165, 1.54) is 23.5 Å². The number of nitrogens with one attached hydrogen (secondary N) is 1. The number of nitrogens with two attached hydrogens (primary N) is 1. The molecule has 0 spiro atoms. The van der Waals surface area contributed by atoms with Gasteiger partial charge in [-0.25, -0.2) is 24.5 Å². The topological polar surface area (TPSA) is 248 Å². The first-order valence-electron chi connectivity index (χ1n) is 13.3. The summed E-state index contributed by atoms with van der Waals surface area (Å²) in [6, 6.07) is 0. The zero-order valence-corrected chi connectivity index (χ0v) is 23.0. The first-order valence-corrected chi connectivity index (χ1v) is 14.8. The molecule has 3 aliphatic rings. The van der Waals surface area contributed by atoms with E-state index in [4.69, 9.17) is 24.3 Å². The Hall–Kier alpha value is -3.35. The maximum absolute atomic E-state index is 13.2. The molecule has 3 aliphatic heterocycles. The fourth-order valence-corrected chi connectivity index (χ4v) is 6.96. The number of aromatic nitrogens is 8. The molecule has 2 bridgehead atoms. The Bertz CT molecular complexity index is 1760. The quantitative estimate of drug-likeness (QED) is 0.184. The van der Waals surface area contributed by atoms with Crippen LogP contribution in [0.4, 0.5) is 5.95 Å². The number of rotatable bonds is 2. The number of aryl methyl sites for hydroxylation is 1. The molecular weight excluding hydrogens is 577 g/mol. The zero-order chi connectivity index (χ0) is 29.3. The molecule has 224 valence electrons. The summed E-state index contributed by atoms with van der Waals surface area (Å²) in [6.45, 7) is 1.41. The number of anilines is 1. The van der Waals surface area contributed by atoms with Gasteiger partial charge in [0, 0.05) is 5.92 Å². The van der Waals surface area contributed by atoms with Crippen molar-refractivity contribution >= 4 is 36.1 Å². The second-order valence-electron chi connectivity index (χ2n) is 10.6. The lowest BCUT2D eigenvalue weighted by Crippen LogP contribution is -2.35. The molecular formula is C23H28N9O9P. The van der Waals surface area contributed by atoms with E-state index < -0.39 is 62.3 Å². The molecule has 0 radical (unpaired) electrons. The molecule has 0 aliphatic carbocycles. The summed E-state index contributed by atoms with van der Waals surface area (Å²) >= 11 is 0. The van der Waals surface area contributed by atoms with Gasteiger partial charge in [-0.05, 0) is 19.8 Å². The van der Waals surface area contributed by atoms with Crippen molar-refractivity contribution in [1.82, 2.24) is 39.0 Å². The second-order valence-corrected chi connectivity index (χ2v) is 12.0. The van der Waals surface area contributed by atoms with Crippen molar-refractivity contribution in [1.29, 1.82) is 0 Å². The Morgan fingerprint density at radius 1 is 1.00 bits per heavy atom. The molecule has 0 saturated carbocycles. The molecule has 7 heterocycles. The van der Waals surface area contributed by atoms with Crippen LogP contribution < -0.4 is 11.3 Å². The molecule has 4 aromatic heterocycles. The molecule has 7 rings (SSSR count). The van der Waals surface area contributed by atoms with E-state index >= 15 is 0 Å². The molecule has 19 heteroatoms. The van der Waals surface area contributed by atoms with Crippen LogP contribution in [0.3, 0.4) is 0 Å². The normalized spacial score (nSPS) is 35.7. The van der Waals surface area contributed by atoms with Crippen LogP contribution in [0.25, 0.3) is 22.3 Å². The van der Waals surface area contributed by atoms with Gasteiger partial charge >= 0.3 is 7.82 Å². The SMILES string of the molecule is Cc1ncnc2c1ncn2[C@@H]1O[C@@H]2COP(=O)(O)O[C@@H]3[C@H](O)[C@@H](CCC[C@H]2[C@H]1O)O[C@H]3n1cnc2c(=O)[nH]c(N)nc21. The number of hydrogen-bond acceptors (Lipinski definition) is 14. The van der Waals surface area contributed by atoms with Gasteiger partial charge in [-0.2, -0.15) is 4.98 Å². The highest BCUT2D eigenvalue weighted by Gasteiger charge is 2.51. The van der Waals surface area contributed by atoms with Crippen LogP contribution in [-0.4, -0.2) is 91.3 Å². The molecule has 9 atom stereocenters. The molecule has 0 aromatic carbocycles. The van der Waals surface area contributed by atoms with Gasteiger partial charge in [0.05, 0.1) is 37.2 Å². The Kier molecular flexibility index (Phi) is 6.63. The number of imidazole rings is 2. The van der Waals surface area contributed by atoms with Crippen molar-refractivity contribution in [3.63, 3.8) is 0 Å². The van der Waals surface area contributed by atoms with Crippen LogP contribution in [0.1, 0.15) is 37.4 Å². The first kappa shape index (κ1) is 27.5. The van der Waals surface area contributed by atoms with Crippen LogP contribution in [0.15, 0.2) is 23.8 Å². The van der Waals surface area contributed by atoms with Gasteiger partial charge in [0.25, 0.3) is 5.56 Å². The number of hydrogen-bond donors (Lipinski definition) is 5. The summed E-state index contributed by atoms with van der Waals surface area (Å²) in [5, 5.41) is 22.5. The Labute approximate surface area is 236 Å². The third kappa shape index (κ3) is 4.51. The van der Waals surface area contributed by atoms with Crippen molar-refractivity contribution in [3.8, 4) is 0 Å². The Balaban J connectivity index is 1.17. The van der Waals surface area contributed by atoms with Gasteiger partial charge < -0.3 is 30.3 Å². The molecule has 6 N–H and O–H groups in total. The van der Waals surface area contributed by atoms with Crippen LogP contribution in [0, 0.1) is 12.8 Å². The van der Waals surface area contributed by atoms with Gasteiger partial charge in [0.15, 0.2) is 29.3 Å². The largest absolute Gasteiger partial charge is 0.472 e. The minimum atomic E-state index is -4.82. The highest BCUT2D eigenvalue weighted by Crippen LogP contribution is 2.51. The average molecular weight is 606 g/mol. The number of aromatic amines is 1. The van der Waals surface area contributed by atoms with Gasteiger partial charge in [-0.3, -0.25) is 28.0 Å². The Morgan fingerprint density at radius 3 is 2.55 bits per heavy atom. The van der Waals surface area contributed by atoms with E-state index in [0.29, 0.717) is 36.1 Å². The van der Waals surface area contributed by atoms with E-state index in [0.717, 1.165) is 0 Å². The maximum atomic E-state index is 13.2. The highest BCUT2D eigenvalue weighted by molar-refractivity contribution is 7.47. The number of aliphatic hydroxyl groups is 2. The van der Waals surface area contributed by atoms with Gasteiger partial charge in [0.2, 0.25) is 5.95 Å². The van der Waals surface area contributed by atoms with E-state index in [1.54, 1.807) is 11.5 Å². The number of aliphatic hydroxyl groups excluding tert-OH is 2. The summed E-state index contributed by atoms with van der Waals surface area (Å²) in [4.78, 5) is 46.3. The van der Waals surface area contributed by atoms with Gasteiger partial charge in [-0.15, -0.1) is 0 Å². The number of phosphoric acid groups is 1. The van der Waals surface area contributed by atoms with Crippen LogP contribution in [-0.2, 0) is 23.1 Å². The van der Waals surface area contributed by atoms with Crippen LogP contribution >= 0.6 is 7.82 Å². The molecule has 0 amide bonds. The standard InChI is InChI=1S/C23H28N9O9P/c1-9-13-18(26-6-25-9)31(7-27-13)21-15(33)10-3-2-4-11-16(34)17(41-42(36,37)38-5-12(10)40-21)22(39-11)32-8-28-14-19(32)29-23(24)30-20(14)35/h6-8,10-12,15-17,21-22,33-34H,2-5H2,1H3,(H,36,37)(H3,24,29,30,35)/t10-,11-,12-,15-,16-,17-,21-,22-/m1/s1. The molecule has 3 saturated heterocycles. The summed E-state index contributed by atoms with van der Waals surface area (Å²) in [5.41, 5.74) is 6.85.